The van der Waals surface area contributed by atoms with Crippen molar-refractivity contribution in [3.8, 4) is 0 Å². The largest absolute Gasteiger partial charge is 0.481 e. The maximum absolute atomic E-state index is 10.3. The Morgan fingerprint density at radius 1 is 1.53 bits per heavy atom. The van der Waals surface area contributed by atoms with Gasteiger partial charge in [-0.15, -0.1) is 0 Å². The highest BCUT2D eigenvalue weighted by atomic mass is 16.4. The van der Waals surface area contributed by atoms with Crippen molar-refractivity contribution < 1.29 is 9.90 Å². The van der Waals surface area contributed by atoms with Crippen LogP contribution in [-0.2, 0) is 4.79 Å². The SMILES string of the molecule is CN1CCCC1CNCCCCC(=O)O. The van der Waals surface area contributed by atoms with E-state index < -0.39 is 5.97 Å². The van der Waals surface area contributed by atoms with Crippen LogP contribution in [0.15, 0.2) is 0 Å². The quantitative estimate of drug-likeness (QED) is 0.619. The molecule has 88 valence electrons. The fourth-order valence-electron chi connectivity index (χ4n) is 2.03. The standard InChI is InChI=1S/C11H22N2O2/c1-13-8-4-5-10(13)9-12-7-3-2-6-11(14)15/h10,12H,2-9H2,1H3,(H,14,15). The van der Waals surface area contributed by atoms with E-state index in [-0.39, 0.29) is 0 Å². The molecule has 1 atom stereocenters. The summed E-state index contributed by atoms with van der Waals surface area (Å²) in [5.74, 6) is -0.689. The van der Waals surface area contributed by atoms with Crippen molar-refractivity contribution in [3.05, 3.63) is 0 Å². The van der Waals surface area contributed by atoms with E-state index in [1.807, 2.05) is 0 Å². The molecule has 0 aliphatic carbocycles. The van der Waals surface area contributed by atoms with Crippen molar-refractivity contribution in [2.75, 3.05) is 26.7 Å². The maximum Gasteiger partial charge on any atom is 0.303 e. The third-order valence-electron chi connectivity index (χ3n) is 3.05. The molecule has 4 nitrogen and oxygen atoms in total. The number of carboxylic acid groups (broad SMARTS) is 1. The lowest BCUT2D eigenvalue weighted by atomic mass is 10.2. The fraction of sp³-hybridized carbons (Fsp3) is 0.909. The molecule has 1 heterocycles. The van der Waals surface area contributed by atoms with Crippen LogP contribution in [0.25, 0.3) is 0 Å². The molecule has 1 saturated heterocycles. The highest BCUT2D eigenvalue weighted by Crippen LogP contribution is 2.13. The molecule has 15 heavy (non-hydrogen) atoms. The number of nitrogens with zero attached hydrogens (tertiary/aromatic N) is 1. The van der Waals surface area contributed by atoms with Crippen LogP contribution in [0.5, 0.6) is 0 Å². The number of likely N-dealkylation sites (N-methyl/N-ethyl adjacent to an activating group) is 1. The van der Waals surface area contributed by atoms with Gasteiger partial charge < -0.3 is 15.3 Å². The van der Waals surface area contributed by atoms with Crippen LogP contribution in [0.2, 0.25) is 0 Å². The normalized spacial score (nSPS) is 22.1. The molecule has 1 rings (SSSR count). The summed E-state index contributed by atoms with van der Waals surface area (Å²) in [6.45, 7) is 3.20. The lowest BCUT2D eigenvalue weighted by molar-refractivity contribution is -0.137. The number of likely N-dealkylation sites (tertiary alicyclic amines) is 1. The molecule has 1 unspecified atom stereocenters. The van der Waals surface area contributed by atoms with Crippen molar-refractivity contribution >= 4 is 5.97 Å². The summed E-state index contributed by atoms with van der Waals surface area (Å²) in [6, 6.07) is 0.685. The summed E-state index contributed by atoms with van der Waals surface area (Å²) in [7, 11) is 2.17. The Kier molecular flexibility index (Phi) is 5.65. The Balaban J connectivity index is 1.90. The second kappa shape index (κ2) is 6.80. The number of aliphatic carboxylic acids is 1. The molecule has 0 saturated carbocycles. The van der Waals surface area contributed by atoms with Gasteiger partial charge in [0, 0.05) is 19.0 Å². The van der Waals surface area contributed by atoms with Crippen LogP contribution < -0.4 is 5.32 Å². The minimum atomic E-state index is -0.689. The van der Waals surface area contributed by atoms with Gasteiger partial charge in [-0.1, -0.05) is 0 Å². The zero-order chi connectivity index (χ0) is 11.1. The van der Waals surface area contributed by atoms with E-state index >= 15 is 0 Å². The minimum Gasteiger partial charge on any atom is -0.481 e. The third-order valence-corrected chi connectivity index (χ3v) is 3.05. The molecule has 2 N–H and O–H groups in total. The van der Waals surface area contributed by atoms with Crippen molar-refractivity contribution in [1.82, 2.24) is 10.2 Å². The zero-order valence-corrected chi connectivity index (χ0v) is 9.54. The summed E-state index contributed by atoms with van der Waals surface area (Å²) in [5, 5.41) is 11.8. The predicted molar refractivity (Wildman–Crippen MR) is 60.0 cm³/mol. The second-order valence-corrected chi connectivity index (χ2v) is 4.33. The Labute approximate surface area is 91.6 Å². The van der Waals surface area contributed by atoms with E-state index in [2.05, 4.69) is 17.3 Å². The second-order valence-electron chi connectivity index (χ2n) is 4.33. The predicted octanol–water partition coefficient (Wildman–Crippen LogP) is 0.925. The number of rotatable bonds is 7. The molecule has 4 heteroatoms. The third kappa shape index (κ3) is 5.14. The molecule has 0 radical (unpaired) electrons. The van der Waals surface area contributed by atoms with Crippen LogP contribution in [-0.4, -0.2) is 48.7 Å². The summed E-state index contributed by atoms with van der Waals surface area (Å²) in [6.07, 6.45) is 4.64. The van der Waals surface area contributed by atoms with Crippen LogP contribution in [0.1, 0.15) is 32.1 Å². The molecular formula is C11H22N2O2. The van der Waals surface area contributed by atoms with Gasteiger partial charge in [-0.2, -0.15) is 0 Å². The van der Waals surface area contributed by atoms with Crippen molar-refractivity contribution in [2.24, 2.45) is 0 Å². The van der Waals surface area contributed by atoms with Crippen molar-refractivity contribution in [3.63, 3.8) is 0 Å². The molecule has 0 bridgehead atoms. The Bertz CT molecular complexity index is 197. The van der Waals surface area contributed by atoms with Gasteiger partial charge >= 0.3 is 5.97 Å². The molecule has 0 spiro atoms. The highest BCUT2D eigenvalue weighted by molar-refractivity contribution is 5.66. The average Bonchev–Trinajstić information content (AvgIpc) is 2.57. The van der Waals surface area contributed by atoms with Gasteiger partial charge in [-0.3, -0.25) is 4.79 Å². The number of carbonyl (C=O) groups is 1. The Morgan fingerprint density at radius 2 is 2.33 bits per heavy atom. The topological polar surface area (TPSA) is 52.6 Å². The fourth-order valence-corrected chi connectivity index (χ4v) is 2.03. The Hall–Kier alpha value is -0.610. The number of hydrogen-bond acceptors (Lipinski definition) is 3. The lowest BCUT2D eigenvalue weighted by Crippen LogP contribution is -2.35. The van der Waals surface area contributed by atoms with Crippen LogP contribution >= 0.6 is 0 Å². The lowest BCUT2D eigenvalue weighted by Gasteiger charge is -2.19. The van der Waals surface area contributed by atoms with Crippen LogP contribution in [0.4, 0.5) is 0 Å². The van der Waals surface area contributed by atoms with Gasteiger partial charge in [0.05, 0.1) is 0 Å². The molecule has 1 aliphatic rings. The van der Waals surface area contributed by atoms with E-state index in [1.54, 1.807) is 0 Å². The highest BCUT2D eigenvalue weighted by Gasteiger charge is 2.19. The summed E-state index contributed by atoms with van der Waals surface area (Å²) in [4.78, 5) is 12.7. The molecule has 0 amide bonds. The summed E-state index contributed by atoms with van der Waals surface area (Å²) < 4.78 is 0. The van der Waals surface area contributed by atoms with Crippen molar-refractivity contribution in [1.29, 1.82) is 0 Å². The molecule has 1 aliphatic heterocycles. The summed E-state index contributed by atoms with van der Waals surface area (Å²) in [5.41, 5.74) is 0. The van der Waals surface area contributed by atoms with Crippen LogP contribution in [0, 0.1) is 0 Å². The van der Waals surface area contributed by atoms with Gasteiger partial charge in [-0.25, -0.2) is 0 Å². The number of nitrogens with one attached hydrogen (secondary N) is 1. The summed E-state index contributed by atoms with van der Waals surface area (Å²) >= 11 is 0. The molecule has 0 aromatic rings. The van der Waals surface area contributed by atoms with Crippen LogP contribution in [0.3, 0.4) is 0 Å². The molecule has 1 fully saturated rings. The van der Waals surface area contributed by atoms with Gasteiger partial charge in [0.25, 0.3) is 0 Å². The molecular weight excluding hydrogens is 192 g/mol. The van der Waals surface area contributed by atoms with E-state index in [1.165, 1.54) is 19.4 Å². The van der Waals surface area contributed by atoms with E-state index in [9.17, 15) is 4.79 Å². The maximum atomic E-state index is 10.3. The van der Waals surface area contributed by atoms with Gasteiger partial charge in [0.15, 0.2) is 0 Å². The van der Waals surface area contributed by atoms with E-state index in [4.69, 9.17) is 5.11 Å². The number of carboxylic acids is 1. The van der Waals surface area contributed by atoms with Crippen molar-refractivity contribution in [2.45, 2.75) is 38.1 Å². The smallest absolute Gasteiger partial charge is 0.303 e. The number of hydrogen-bond donors (Lipinski definition) is 2. The van der Waals surface area contributed by atoms with Gasteiger partial charge in [0.2, 0.25) is 0 Å². The van der Waals surface area contributed by atoms with Gasteiger partial charge in [0.1, 0.15) is 0 Å². The van der Waals surface area contributed by atoms with E-state index in [0.717, 1.165) is 25.9 Å². The average molecular weight is 214 g/mol. The monoisotopic (exact) mass is 214 g/mol. The molecule has 0 aromatic heterocycles. The van der Waals surface area contributed by atoms with Gasteiger partial charge in [-0.05, 0) is 45.8 Å². The first-order valence-electron chi connectivity index (χ1n) is 5.83. The minimum absolute atomic E-state index is 0.297. The first kappa shape index (κ1) is 12.5. The molecule has 0 aromatic carbocycles. The van der Waals surface area contributed by atoms with E-state index in [0.29, 0.717) is 12.5 Å². The zero-order valence-electron chi connectivity index (χ0n) is 9.54. The first-order valence-corrected chi connectivity index (χ1v) is 5.83. The first-order chi connectivity index (χ1) is 7.20. The number of unbranched alkanes of at least 4 members (excludes halogenated alkanes) is 1. The Morgan fingerprint density at radius 3 is 2.93 bits per heavy atom.